The number of nitrogens with one attached hydrogen (secondary N) is 8. The molecule has 45 heavy (non-hydrogen) atoms. The Morgan fingerprint density at radius 1 is 0.422 bits per heavy atom. The van der Waals surface area contributed by atoms with Gasteiger partial charge in [0.2, 0.25) is 0 Å². The van der Waals surface area contributed by atoms with Crippen molar-refractivity contribution < 1.29 is 0 Å². The summed E-state index contributed by atoms with van der Waals surface area (Å²) < 4.78 is 0. The normalized spacial score (nSPS) is 55.9. The average Bonchev–Trinajstić information content (AvgIpc) is 3.80. The van der Waals surface area contributed by atoms with Crippen LogP contribution >= 0.6 is 11.6 Å². The fourth-order valence-electron chi connectivity index (χ4n) is 12.9. The minimum absolute atomic E-state index is 0.302. The maximum Gasteiger partial charge on any atom is 0.0631 e. The third kappa shape index (κ3) is 5.57. The van der Waals surface area contributed by atoms with Crippen molar-refractivity contribution in [3.05, 3.63) is 0 Å². The molecule has 5 heterocycles. The fraction of sp³-hybridized carbons (Fsp3) is 1.00. The van der Waals surface area contributed by atoms with Crippen LogP contribution in [0.4, 0.5) is 0 Å². The van der Waals surface area contributed by atoms with Gasteiger partial charge in [0.15, 0.2) is 0 Å². The van der Waals surface area contributed by atoms with Crippen molar-refractivity contribution >= 4 is 11.6 Å². The van der Waals surface area contributed by atoms with Crippen molar-refractivity contribution in [1.29, 1.82) is 0 Å². The van der Waals surface area contributed by atoms with E-state index in [-0.39, 0.29) is 0 Å². The Bertz CT molecular complexity index is 1030. The Morgan fingerprint density at radius 3 is 1.11 bits per heavy atom. The summed E-state index contributed by atoms with van der Waals surface area (Å²) in [5, 5.41) is 34.4. The lowest BCUT2D eigenvalue weighted by Gasteiger charge is -2.42. The van der Waals surface area contributed by atoms with Gasteiger partial charge >= 0.3 is 0 Å². The minimum atomic E-state index is 0.302. The highest BCUT2D eigenvalue weighted by molar-refractivity contribution is 6.20. The lowest BCUT2D eigenvalue weighted by atomic mass is 9.69. The minimum Gasteiger partial charge on any atom is -0.286 e. The van der Waals surface area contributed by atoms with Gasteiger partial charge in [-0.05, 0) is 111 Å². The Kier molecular flexibility index (Phi) is 8.96. The number of hydrogen-bond donors (Lipinski definition) is 8. The summed E-state index contributed by atoms with van der Waals surface area (Å²) in [6, 6.07) is 0. The second-order valence-corrected chi connectivity index (χ2v) is 17.7. The molecule has 0 radical (unpaired) electrons. The first kappa shape index (κ1) is 31.0. The van der Waals surface area contributed by atoms with Crippen molar-refractivity contribution in [2.45, 2.75) is 171 Å². The SMILES string of the molecule is CCCCC1C(Cl)CCC2C3NC4NC(NC5NC(NC6NC(NC(N3)C12)C1CCCCC61)C1CCCCC51)C1CCCCC41. The van der Waals surface area contributed by atoms with Crippen molar-refractivity contribution in [3.8, 4) is 0 Å². The second kappa shape index (κ2) is 13.0. The zero-order chi connectivity index (χ0) is 30.1. The van der Waals surface area contributed by atoms with Gasteiger partial charge in [-0.1, -0.05) is 58.3 Å². The van der Waals surface area contributed by atoms with Gasteiger partial charge in [0.05, 0.1) is 49.3 Å². The van der Waals surface area contributed by atoms with Crippen molar-refractivity contribution in [3.63, 3.8) is 0 Å². The highest BCUT2D eigenvalue weighted by atomic mass is 35.5. The van der Waals surface area contributed by atoms with E-state index in [0.717, 1.165) is 18.3 Å². The molecule has 4 aliphatic carbocycles. The molecule has 254 valence electrons. The summed E-state index contributed by atoms with van der Waals surface area (Å²) in [6.07, 6.45) is 25.6. The van der Waals surface area contributed by atoms with E-state index in [1.54, 1.807) is 0 Å². The van der Waals surface area contributed by atoms with Crippen LogP contribution in [0.15, 0.2) is 0 Å². The van der Waals surface area contributed by atoms with Crippen LogP contribution in [-0.4, -0.2) is 54.7 Å². The number of fused-ring (bicyclic) bond motifs is 20. The van der Waals surface area contributed by atoms with Gasteiger partial charge in [-0.2, -0.15) is 0 Å². The molecule has 9 fully saturated rings. The van der Waals surface area contributed by atoms with Crippen LogP contribution in [0.2, 0.25) is 0 Å². The maximum atomic E-state index is 7.26. The first-order chi connectivity index (χ1) is 22.2. The second-order valence-electron chi connectivity index (χ2n) is 17.1. The van der Waals surface area contributed by atoms with Crippen LogP contribution in [0.5, 0.6) is 0 Å². The molecule has 8 nitrogen and oxygen atoms in total. The molecule has 9 aliphatic rings. The molecule has 0 spiro atoms. The van der Waals surface area contributed by atoms with E-state index >= 15 is 0 Å². The van der Waals surface area contributed by atoms with E-state index in [0.29, 0.717) is 96.1 Å². The van der Waals surface area contributed by atoms with E-state index in [4.69, 9.17) is 11.6 Å². The third-order valence-electron chi connectivity index (χ3n) is 15.0. The summed E-state index contributed by atoms with van der Waals surface area (Å²) in [4.78, 5) is 0. The van der Waals surface area contributed by atoms with Crippen LogP contribution in [-0.2, 0) is 0 Å². The Labute approximate surface area is 277 Å². The summed E-state index contributed by atoms with van der Waals surface area (Å²) in [7, 11) is 0. The molecular weight excluding hydrogens is 580 g/mol. The summed E-state index contributed by atoms with van der Waals surface area (Å²) in [5.74, 6) is 6.06. The molecule has 9 rings (SSSR count). The number of alkyl halides is 1. The summed E-state index contributed by atoms with van der Waals surface area (Å²) in [6.45, 7) is 2.34. The molecule has 8 bridgehead atoms. The average molecular weight is 643 g/mol. The summed E-state index contributed by atoms with van der Waals surface area (Å²) in [5.41, 5.74) is 0. The van der Waals surface area contributed by atoms with Crippen LogP contribution < -0.4 is 42.5 Å². The summed E-state index contributed by atoms with van der Waals surface area (Å²) >= 11 is 7.26. The Morgan fingerprint density at radius 2 is 0.756 bits per heavy atom. The number of halogens is 1. The van der Waals surface area contributed by atoms with Crippen molar-refractivity contribution in [2.75, 3.05) is 0 Å². The Balaban J connectivity index is 1.06. The van der Waals surface area contributed by atoms with Gasteiger partial charge in [-0.25, -0.2) is 0 Å². The molecule has 9 heteroatoms. The molecule has 0 amide bonds. The molecule has 8 N–H and O–H groups in total. The lowest BCUT2D eigenvalue weighted by molar-refractivity contribution is 0.118. The molecule has 5 saturated heterocycles. The molecule has 0 aromatic carbocycles. The van der Waals surface area contributed by atoms with E-state index in [1.807, 2.05) is 0 Å². The maximum absolute atomic E-state index is 7.26. The number of hydrogen-bond acceptors (Lipinski definition) is 8. The van der Waals surface area contributed by atoms with E-state index in [9.17, 15) is 0 Å². The zero-order valence-electron chi connectivity index (χ0n) is 27.8. The Hall–Kier alpha value is -0.0300. The lowest BCUT2D eigenvalue weighted by Crippen LogP contribution is -2.61. The van der Waals surface area contributed by atoms with Crippen molar-refractivity contribution in [1.82, 2.24) is 42.5 Å². The van der Waals surface area contributed by atoms with Gasteiger partial charge in [-0.3, -0.25) is 42.5 Å². The molecule has 4 saturated carbocycles. The van der Waals surface area contributed by atoms with Crippen LogP contribution in [0.3, 0.4) is 0 Å². The van der Waals surface area contributed by atoms with E-state index in [1.165, 1.54) is 103 Å². The zero-order valence-corrected chi connectivity index (χ0v) is 28.5. The van der Waals surface area contributed by atoms with Gasteiger partial charge in [0.1, 0.15) is 0 Å². The highest BCUT2D eigenvalue weighted by Crippen LogP contribution is 2.48. The van der Waals surface area contributed by atoms with Crippen LogP contribution in [0.25, 0.3) is 0 Å². The van der Waals surface area contributed by atoms with Gasteiger partial charge in [0, 0.05) is 5.38 Å². The molecule has 18 unspecified atom stereocenters. The predicted molar refractivity (Wildman–Crippen MR) is 181 cm³/mol. The van der Waals surface area contributed by atoms with Crippen LogP contribution in [0, 0.1) is 53.3 Å². The first-order valence-corrected chi connectivity index (χ1v) is 20.3. The highest BCUT2D eigenvalue weighted by Gasteiger charge is 2.56. The third-order valence-corrected chi connectivity index (χ3v) is 15.5. The molecule has 0 aromatic heterocycles. The van der Waals surface area contributed by atoms with Gasteiger partial charge in [0.25, 0.3) is 0 Å². The van der Waals surface area contributed by atoms with E-state index in [2.05, 4.69) is 49.5 Å². The largest absolute Gasteiger partial charge is 0.286 e. The monoisotopic (exact) mass is 642 g/mol. The molecular formula is C36H63ClN8. The van der Waals surface area contributed by atoms with Gasteiger partial charge < -0.3 is 0 Å². The molecule has 18 atom stereocenters. The fourth-order valence-corrected chi connectivity index (χ4v) is 13.4. The van der Waals surface area contributed by atoms with Crippen LogP contribution in [0.1, 0.15) is 116 Å². The smallest absolute Gasteiger partial charge is 0.0631 e. The predicted octanol–water partition coefficient (Wildman–Crippen LogP) is 4.24. The van der Waals surface area contributed by atoms with E-state index < -0.39 is 0 Å². The number of rotatable bonds is 3. The van der Waals surface area contributed by atoms with Gasteiger partial charge in [-0.15, -0.1) is 11.6 Å². The molecule has 5 aliphatic heterocycles. The first-order valence-electron chi connectivity index (χ1n) is 19.9. The number of unbranched alkanes of at least 4 members (excludes halogenated alkanes) is 1. The topological polar surface area (TPSA) is 96.2 Å². The van der Waals surface area contributed by atoms with Crippen molar-refractivity contribution in [2.24, 2.45) is 53.3 Å². The standard InChI is InChI=1S/C36H63ClN8/c1-2-3-10-25-27(37)18-17-26-28(25)36-44-34-24-16-9-8-15-23(24)32(42-34)40-30-20-12-5-4-11-19(20)29(38-30)39-31-21-13-6-7-14-22(21)33(41-31)43-35(26)45-36/h19-36,38-45H,2-18H2,1H3. The molecule has 0 aromatic rings. The quantitative estimate of drug-likeness (QED) is 0.217.